The fourth-order valence-electron chi connectivity index (χ4n) is 2.14. The lowest BCUT2D eigenvalue weighted by Gasteiger charge is -2.26. The molecular weight excluding hydrogens is 342 g/mol. The molecule has 0 radical (unpaired) electrons. The number of ether oxygens (including phenoxy) is 3. The summed E-state index contributed by atoms with van der Waals surface area (Å²) < 4.78 is 17.7. The van der Waals surface area contributed by atoms with E-state index in [2.05, 4.69) is 26.3 Å². The van der Waals surface area contributed by atoms with Gasteiger partial charge in [0, 0.05) is 33.8 Å². The molecule has 1 aromatic rings. The molecule has 1 saturated heterocycles. The molecular formula is C13H20BrN3O4. The second kappa shape index (κ2) is 7.35. The summed E-state index contributed by atoms with van der Waals surface area (Å²) >= 11 is 3.32. The molecule has 1 fully saturated rings. The van der Waals surface area contributed by atoms with E-state index in [0.717, 1.165) is 6.42 Å². The smallest absolute Gasteiger partial charge is 0.283 e. The molecule has 1 N–H and O–H groups in total. The second-order valence-electron chi connectivity index (χ2n) is 4.94. The number of nitrogens with zero attached hydrogens (tertiary/aromatic N) is 2. The highest BCUT2D eigenvalue weighted by Crippen LogP contribution is 2.24. The van der Waals surface area contributed by atoms with Gasteiger partial charge in [-0.15, -0.1) is 0 Å². The van der Waals surface area contributed by atoms with Gasteiger partial charge in [0.15, 0.2) is 0 Å². The number of rotatable bonds is 7. The van der Waals surface area contributed by atoms with Crippen molar-refractivity contribution in [1.29, 1.82) is 0 Å². The van der Waals surface area contributed by atoms with Crippen molar-refractivity contribution in [2.24, 2.45) is 0 Å². The minimum atomic E-state index is -0.343. The van der Waals surface area contributed by atoms with Gasteiger partial charge in [-0.05, 0) is 15.9 Å². The molecule has 8 heteroatoms. The van der Waals surface area contributed by atoms with Crippen molar-refractivity contribution in [3.8, 4) is 0 Å². The van der Waals surface area contributed by atoms with Crippen LogP contribution in [-0.4, -0.2) is 56.0 Å². The highest BCUT2D eigenvalue weighted by atomic mass is 79.9. The predicted octanol–water partition coefficient (Wildman–Crippen LogP) is 0.870. The van der Waals surface area contributed by atoms with E-state index < -0.39 is 0 Å². The van der Waals surface area contributed by atoms with E-state index in [1.165, 1.54) is 4.68 Å². The Hall–Kier alpha value is -0.960. The quantitative estimate of drug-likeness (QED) is 0.776. The molecule has 0 bridgehead atoms. The maximum atomic E-state index is 12.1. The summed E-state index contributed by atoms with van der Waals surface area (Å²) in [6.45, 7) is 2.66. The van der Waals surface area contributed by atoms with Gasteiger partial charge < -0.3 is 19.5 Å². The number of anilines is 1. The molecule has 0 spiro atoms. The largest absolute Gasteiger partial charge is 0.383 e. The fraction of sp³-hybridized carbons (Fsp3) is 0.692. The van der Waals surface area contributed by atoms with Crippen LogP contribution in [0.5, 0.6) is 0 Å². The highest BCUT2D eigenvalue weighted by Gasteiger charge is 2.34. The Kier molecular flexibility index (Phi) is 5.74. The first kappa shape index (κ1) is 16.4. The first-order chi connectivity index (χ1) is 10.1. The minimum Gasteiger partial charge on any atom is -0.383 e. The fourth-order valence-corrected chi connectivity index (χ4v) is 2.59. The van der Waals surface area contributed by atoms with Crippen LogP contribution in [0.4, 0.5) is 5.69 Å². The van der Waals surface area contributed by atoms with Gasteiger partial charge >= 0.3 is 0 Å². The summed E-state index contributed by atoms with van der Waals surface area (Å²) in [4.78, 5) is 12.1. The third-order valence-electron chi connectivity index (χ3n) is 3.59. The lowest BCUT2D eigenvalue weighted by molar-refractivity contribution is -0.00621. The van der Waals surface area contributed by atoms with Crippen LogP contribution in [0.3, 0.4) is 0 Å². The summed E-state index contributed by atoms with van der Waals surface area (Å²) in [6.07, 6.45) is 2.45. The van der Waals surface area contributed by atoms with Gasteiger partial charge in [-0.2, -0.15) is 5.10 Å². The summed E-state index contributed by atoms with van der Waals surface area (Å²) in [5.41, 5.74) is 0.118. The molecule has 0 aliphatic carbocycles. The summed E-state index contributed by atoms with van der Waals surface area (Å²) in [5, 5.41) is 7.34. The second-order valence-corrected chi connectivity index (χ2v) is 5.73. The molecule has 2 heterocycles. The zero-order valence-electron chi connectivity index (χ0n) is 12.2. The summed E-state index contributed by atoms with van der Waals surface area (Å²) in [5.74, 6) is 0. The molecule has 1 aliphatic heterocycles. The number of nitrogens with one attached hydrogen (secondary N) is 1. The van der Waals surface area contributed by atoms with Crippen molar-refractivity contribution in [2.45, 2.75) is 18.6 Å². The number of methoxy groups -OCH3 is 2. The van der Waals surface area contributed by atoms with Crippen LogP contribution in [0, 0.1) is 0 Å². The van der Waals surface area contributed by atoms with Gasteiger partial charge in [0.25, 0.3) is 5.56 Å². The predicted molar refractivity (Wildman–Crippen MR) is 81.7 cm³/mol. The Bertz CT molecular complexity index is 529. The molecule has 2 rings (SSSR count). The van der Waals surface area contributed by atoms with E-state index in [4.69, 9.17) is 14.2 Å². The minimum absolute atomic E-state index is 0.189. The van der Waals surface area contributed by atoms with Crippen LogP contribution in [-0.2, 0) is 20.8 Å². The van der Waals surface area contributed by atoms with Crippen molar-refractivity contribution in [3.63, 3.8) is 0 Å². The van der Waals surface area contributed by atoms with Crippen LogP contribution >= 0.6 is 15.9 Å². The molecule has 1 unspecified atom stereocenters. The van der Waals surface area contributed by atoms with E-state index in [1.807, 2.05) is 0 Å². The Labute approximate surface area is 131 Å². The average molecular weight is 362 g/mol. The molecule has 21 heavy (non-hydrogen) atoms. The summed E-state index contributed by atoms with van der Waals surface area (Å²) in [6, 6.07) is 0. The first-order valence-corrected chi connectivity index (χ1v) is 7.52. The Balaban J connectivity index is 2.07. The van der Waals surface area contributed by atoms with Crippen LogP contribution in [0.1, 0.15) is 6.42 Å². The molecule has 1 aromatic heterocycles. The Morgan fingerprint density at radius 1 is 1.57 bits per heavy atom. The van der Waals surface area contributed by atoms with Gasteiger partial charge in [-0.25, -0.2) is 4.68 Å². The van der Waals surface area contributed by atoms with E-state index in [0.29, 0.717) is 43.1 Å². The lowest BCUT2D eigenvalue weighted by Crippen LogP contribution is -2.40. The van der Waals surface area contributed by atoms with Crippen molar-refractivity contribution < 1.29 is 14.2 Å². The van der Waals surface area contributed by atoms with Crippen LogP contribution in [0.15, 0.2) is 15.5 Å². The maximum absolute atomic E-state index is 12.1. The SMILES string of the molecule is COCCn1ncc(NCC2(OC)CCOC2)c(Br)c1=O. The molecule has 0 amide bonds. The normalized spacial score (nSPS) is 21.7. The van der Waals surface area contributed by atoms with Gasteiger partial charge in [0.1, 0.15) is 10.1 Å². The highest BCUT2D eigenvalue weighted by molar-refractivity contribution is 9.10. The van der Waals surface area contributed by atoms with Gasteiger partial charge in [0.2, 0.25) is 0 Å². The maximum Gasteiger partial charge on any atom is 0.283 e. The Morgan fingerprint density at radius 2 is 2.38 bits per heavy atom. The zero-order valence-corrected chi connectivity index (χ0v) is 13.8. The third-order valence-corrected chi connectivity index (χ3v) is 4.36. The van der Waals surface area contributed by atoms with Crippen LogP contribution in [0.25, 0.3) is 0 Å². The topological polar surface area (TPSA) is 74.6 Å². The van der Waals surface area contributed by atoms with E-state index in [-0.39, 0.29) is 11.2 Å². The van der Waals surface area contributed by atoms with E-state index >= 15 is 0 Å². The average Bonchev–Trinajstić information content (AvgIpc) is 2.97. The standard InChI is InChI=1S/C13H20BrN3O4/c1-19-6-4-17-12(18)11(14)10(7-16-17)15-8-13(20-2)3-5-21-9-13/h7,15H,3-6,8-9H2,1-2H3. The molecule has 1 atom stereocenters. The van der Waals surface area contributed by atoms with Crippen molar-refractivity contribution in [3.05, 3.63) is 21.0 Å². The summed E-state index contributed by atoms with van der Waals surface area (Å²) in [7, 11) is 3.26. The molecule has 0 aromatic carbocycles. The van der Waals surface area contributed by atoms with Gasteiger partial charge in [-0.3, -0.25) is 4.79 Å². The number of halogens is 1. The van der Waals surface area contributed by atoms with Crippen molar-refractivity contribution in [1.82, 2.24) is 9.78 Å². The third kappa shape index (κ3) is 3.82. The van der Waals surface area contributed by atoms with E-state index in [1.54, 1.807) is 20.4 Å². The molecule has 0 saturated carbocycles. The number of hydrogen-bond donors (Lipinski definition) is 1. The van der Waals surface area contributed by atoms with Gasteiger partial charge in [0.05, 0.1) is 31.6 Å². The molecule has 7 nitrogen and oxygen atoms in total. The molecule has 118 valence electrons. The lowest BCUT2D eigenvalue weighted by atomic mass is 10.0. The van der Waals surface area contributed by atoms with E-state index in [9.17, 15) is 4.79 Å². The Morgan fingerprint density at radius 3 is 3.00 bits per heavy atom. The monoisotopic (exact) mass is 361 g/mol. The number of aromatic nitrogens is 2. The molecule has 1 aliphatic rings. The van der Waals surface area contributed by atoms with Gasteiger partial charge in [-0.1, -0.05) is 0 Å². The number of hydrogen-bond acceptors (Lipinski definition) is 6. The first-order valence-electron chi connectivity index (χ1n) is 6.73. The van der Waals surface area contributed by atoms with Crippen molar-refractivity contribution >= 4 is 21.6 Å². The zero-order chi connectivity index (χ0) is 15.3. The van der Waals surface area contributed by atoms with Crippen LogP contribution in [0.2, 0.25) is 0 Å². The van der Waals surface area contributed by atoms with Crippen molar-refractivity contribution in [2.75, 3.05) is 45.9 Å². The van der Waals surface area contributed by atoms with Crippen LogP contribution < -0.4 is 10.9 Å².